The Balaban J connectivity index is 1.75. The lowest BCUT2D eigenvalue weighted by molar-refractivity contribution is 0.0178. The Morgan fingerprint density at radius 3 is 2.71 bits per heavy atom. The zero-order valence-corrected chi connectivity index (χ0v) is 11.5. The van der Waals surface area contributed by atoms with Crippen LogP contribution >= 0.6 is 0 Å². The third-order valence-corrected chi connectivity index (χ3v) is 4.61. The van der Waals surface area contributed by atoms with Crippen LogP contribution in [0.4, 0.5) is 0 Å². The van der Waals surface area contributed by atoms with E-state index in [1.165, 1.54) is 45.2 Å². The maximum absolute atomic E-state index is 5.82. The zero-order valence-electron chi connectivity index (χ0n) is 11.5. The van der Waals surface area contributed by atoms with Gasteiger partial charge in [-0.3, -0.25) is 0 Å². The van der Waals surface area contributed by atoms with Gasteiger partial charge in [-0.05, 0) is 51.0 Å². The molecule has 2 fully saturated rings. The van der Waals surface area contributed by atoms with Gasteiger partial charge in [0.15, 0.2) is 0 Å². The van der Waals surface area contributed by atoms with Crippen LogP contribution in [0.5, 0.6) is 0 Å². The van der Waals surface area contributed by atoms with E-state index in [-0.39, 0.29) is 5.60 Å². The van der Waals surface area contributed by atoms with E-state index in [1.54, 1.807) is 0 Å². The van der Waals surface area contributed by atoms with Gasteiger partial charge in [0.25, 0.3) is 0 Å². The van der Waals surface area contributed by atoms with Gasteiger partial charge in [0.05, 0.1) is 5.60 Å². The molecule has 0 saturated carbocycles. The van der Waals surface area contributed by atoms with Crippen LogP contribution in [0.3, 0.4) is 0 Å². The Bertz CT molecular complexity index is 230. The van der Waals surface area contributed by atoms with Crippen LogP contribution < -0.4 is 10.6 Å². The van der Waals surface area contributed by atoms with Gasteiger partial charge in [0.1, 0.15) is 0 Å². The zero-order chi connectivity index (χ0) is 12.2. The van der Waals surface area contributed by atoms with Gasteiger partial charge in [0.2, 0.25) is 0 Å². The van der Waals surface area contributed by atoms with Crippen LogP contribution in [0.15, 0.2) is 0 Å². The van der Waals surface area contributed by atoms with Crippen molar-refractivity contribution in [3.8, 4) is 0 Å². The molecule has 100 valence electrons. The van der Waals surface area contributed by atoms with Gasteiger partial charge in [-0.15, -0.1) is 0 Å². The third-order valence-electron chi connectivity index (χ3n) is 4.61. The normalized spacial score (nSPS) is 38.5. The highest BCUT2D eigenvalue weighted by atomic mass is 16.5. The molecule has 0 radical (unpaired) electrons. The van der Waals surface area contributed by atoms with Crippen molar-refractivity contribution in [3.63, 3.8) is 0 Å². The van der Waals surface area contributed by atoms with Crippen LogP contribution in [0, 0.1) is 5.41 Å². The first-order valence-electron chi connectivity index (χ1n) is 7.24. The number of rotatable bonds is 5. The van der Waals surface area contributed by atoms with E-state index < -0.39 is 0 Å². The molecule has 2 aliphatic rings. The molecule has 2 saturated heterocycles. The lowest BCUT2D eigenvalue weighted by Gasteiger charge is -2.38. The van der Waals surface area contributed by atoms with Gasteiger partial charge >= 0.3 is 0 Å². The van der Waals surface area contributed by atoms with Crippen molar-refractivity contribution >= 4 is 0 Å². The van der Waals surface area contributed by atoms with Crippen molar-refractivity contribution in [1.82, 2.24) is 10.6 Å². The number of hydrogen-bond donors (Lipinski definition) is 2. The van der Waals surface area contributed by atoms with Crippen molar-refractivity contribution in [2.24, 2.45) is 5.41 Å². The summed E-state index contributed by atoms with van der Waals surface area (Å²) in [5, 5.41) is 7.21. The average Bonchev–Trinajstić information content (AvgIpc) is 2.77. The summed E-state index contributed by atoms with van der Waals surface area (Å²) in [4.78, 5) is 0. The van der Waals surface area contributed by atoms with Crippen molar-refractivity contribution in [2.45, 2.75) is 51.6 Å². The molecule has 3 heteroatoms. The molecule has 0 spiro atoms. The fourth-order valence-corrected chi connectivity index (χ4v) is 3.18. The summed E-state index contributed by atoms with van der Waals surface area (Å²) < 4.78 is 5.82. The molecule has 0 aromatic rings. The standard InChI is InChI=1S/C14H28N2O/c1-3-14(7-4-8-15-11-14)12-16-10-13(2)6-5-9-17-13/h15-16H,3-12H2,1-2H3. The fraction of sp³-hybridized carbons (Fsp3) is 1.00. The second-order valence-corrected chi connectivity index (χ2v) is 6.14. The molecule has 0 bridgehead atoms. The van der Waals surface area contributed by atoms with E-state index >= 15 is 0 Å². The van der Waals surface area contributed by atoms with Crippen LogP contribution in [0.25, 0.3) is 0 Å². The van der Waals surface area contributed by atoms with Crippen LogP contribution in [-0.4, -0.2) is 38.4 Å². The van der Waals surface area contributed by atoms with E-state index in [1.807, 2.05) is 0 Å². The summed E-state index contributed by atoms with van der Waals surface area (Å²) in [6.07, 6.45) is 6.38. The van der Waals surface area contributed by atoms with Gasteiger partial charge in [-0.1, -0.05) is 6.92 Å². The van der Waals surface area contributed by atoms with E-state index in [2.05, 4.69) is 24.5 Å². The second-order valence-electron chi connectivity index (χ2n) is 6.14. The molecule has 2 unspecified atom stereocenters. The highest BCUT2D eigenvalue weighted by molar-refractivity contribution is 4.89. The van der Waals surface area contributed by atoms with Crippen molar-refractivity contribution < 1.29 is 4.74 Å². The molecule has 2 heterocycles. The van der Waals surface area contributed by atoms with E-state index in [9.17, 15) is 0 Å². The minimum Gasteiger partial charge on any atom is -0.374 e. The lowest BCUT2D eigenvalue weighted by Crippen LogP contribution is -2.48. The van der Waals surface area contributed by atoms with Gasteiger partial charge < -0.3 is 15.4 Å². The number of piperidine rings is 1. The largest absolute Gasteiger partial charge is 0.374 e. The summed E-state index contributed by atoms with van der Waals surface area (Å²) >= 11 is 0. The number of ether oxygens (including phenoxy) is 1. The predicted octanol–water partition coefficient (Wildman–Crippen LogP) is 1.92. The summed E-state index contributed by atoms with van der Waals surface area (Å²) in [5.41, 5.74) is 0.574. The fourth-order valence-electron chi connectivity index (χ4n) is 3.18. The van der Waals surface area contributed by atoms with Gasteiger partial charge in [-0.25, -0.2) is 0 Å². The highest BCUT2D eigenvalue weighted by Crippen LogP contribution is 2.30. The van der Waals surface area contributed by atoms with Gasteiger partial charge in [-0.2, -0.15) is 0 Å². The minimum absolute atomic E-state index is 0.0943. The maximum Gasteiger partial charge on any atom is 0.0779 e. The monoisotopic (exact) mass is 240 g/mol. The number of nitrogens with one attached hydrogen (secondary N) is 2. The highest BCUT2D eigenvalue weighted by Gasteiger charge is 2.33. The predicted molar refractivity (Wildman–Crippen MR) is 71.3 cm³/mol. The Hall–Kier alpha value is -0.120. The molecule has 0 aromatic heterocycles. The van der Waals surface area contributed by atoms with Crippen LogP contribution in [0.2, 0.25) is 0 Å². The van der Waals surface area contributed by atoms with E-state index in [0.29, 0.717) is 5.41 Å². The average molecular weight is 240 g/mol. The van der Waals surface area contributed by atoms with Crippen molar-refractivity contribution in [1.29, 1.82) is 0 Å². The Morgan fingerprint density at radius 2 is 2.12 bits per heavy atom. The van der Waals surface area contributed by atoms with Crippen molar-refractivity contribution in [2.75, 3.05) is 32.8 Å². The smallest absolute Gasteiger partial charge is 0.0779 e. The molecular formula is C14H28N2O. The molecule has 0 amide bonds. The molecule has 0 aromatic carbocycles. The van der Waals surface area contributed by atoms with Crippen LogP contribution in [-0.2, 0) is 4.74 Å². The first-order chi connectivity index (χ1) is 8.18. The number of hydrogen-bond acceptors (Lipinski definition) is 3. The first-order valence-corrected chi connectivity index (χ1v) is 7.24. The Labute approximate surface area is 106 Å². The van der Waals surface area contributed by atoms with E-state index in [0.717, 1.165) is 19.7 Å². The molecule has 2 atom stereocenters. The molecule has 3 nitrogen and oxygen atoms in total. The third kappa shape index (κ3) is 3.43. The minimum atomic E-state index is 0.0943. The molecule has 2 rings (SSSR count). The second kappa shape index (κ2) is 5.68. The summed E-state index contributed by atoms with van der Waals surface area (Å²) in [7, 11) is 0. The van der Waals surface area contributed by atoms with E-state index in [4.69, 9.17) is 4.74 Å². The molecule has 2 N–H and O–H groups in total. The lowest BCUT2D eigenvalue weighted by atomic mass is 9.78. The first kappa shape index (κ1) is 13.3. The van der Waals surface area contributed by atoms with Gasteiger partial charge in [0, 0.05) is 26.2 Å². The molecule has 0 aliphatic carbocycles. The summed E-state index contributed by atoms with van der Waals surface area (Å²) in [5.74, 6) is 0. The van der Waals surface area contributed by atoms with Crippen LogP contribution in [0.1, 0.15) is 46.0 Å². The molecule has 2 aliphatic heterocycles. The summed E-state index contributed by atoms with van der Waals surface area (Å²) in [6.45, 7) is 10.0. The quantitative estimate of drug-likeness (QED) is 0.770. The SMILES string of the molecule is CCC1(CNCC2(C)CCCO2)CCCNC1. The molecular weight excluding hydrogens is 212 g/mol. The Morgan fingerprint density at radius 1 is 1.24 bits per heavy atom. The molecule has 17 heavy (non-hydrogen) atoms. The topological polar surface area (TPSA) is 33.3 Å². The Kier molecular flexibility index (Phi) is 4.45. The van der Waals surface area contributed by atoms with Crippen molar-refractivity contribution in [3.05, 3.63) is 0 Å². The maximum atomic E-state index is 5.82. The summed E-state index contributed by atoms with van der Waals surface area (Å²) in [6, 6.07) is 0.